The molecule has 3 heterocycles. The minimum Gasteiger partial charge on any atom is -0.496 e. The molecule has 0 N–H and O–H groups in total. The summed E-state index contributed by atoms with van der Waals surface area (Å²) in [6, 6.07) is 7.85. The third kappa shape index (κ3) is 3.13. The third-order valence-electron chi connectivity index (χ3n) is 7.30. The van der Waals surface area contributed by atoms with Crippen molar-refractivity contribution < 1.29 is 28.4 Å². The number of hydrogen-bond donors (Lipinski definition) is 0. The topological polar surface area (TPSA) is 58.6 Å². The number of hydrogen-bond acceptors (Lipinski definition) is 7. The van der Waals surface area contributed by atoms with Crippen molar-refractivity contribution in [3.05, 3.63) is 35.4 Å². The Balaban J connectivity index is 1.74. The maximum atomic E-state index is 6.77. The Morgan fingerprint density at radius 2 is 1.50 bits per heavy atom. The van der Waals surface area contributed by atoms with Crippen LogP contribution in [0.4, 0.5) is 0 Å². The molecule has 1 saturated heterocycles. The standard InChI is InChI=1S/C25H31NO6/c1-15-23(24-21(28-4)10-16(27-3)11-22(24)29-5)17-12-19-20(31-14-30-19)13-18(17)32-25(15,2)26-8-6-7-9-26/h10-13,15,23H,6-9,14H2,1-5H3. The van der Waals surface area contributed by atoms with E-state index in [1.165, 1.54) is 12.8 Å². The number of ether oxygens (including phenoxy) is 6. The van der Waals surface area contributed by atoms with E-state index in [0.29, 0.717) is 5.75 Å². The molecule has 172 valence electrons. The summed E-state index contributed by atoms with van der Waals surface area (Å²) < 4.78 is 35.4. The maximum absolute atomic E-state index is 6.77. The van der Waals surface area contributed by atoms with Gasteiger partial charge in [0.25, 0.3) is 0 Å². The molecule has 7 heteroatoms. The molecule has 0 amide bonds. The monoisotopic (exact) mass is 441 g/mol. The van der Waals surface area contributed by atoms with Crippen molar-refractivity contribution in [2.75, 3.05) is 41.2 Å². The second-order valence-electron chi connectivity index (χ2n) is 8.81. The molecular weight excluding hydrogens is 410 g/mol. The average molecular weight is 442 g/mol. The van der Waals surface area contributed by atoms with E-state index >= 15 is 0 Å². The van der Waals surface area contributed by atoms with Crippen LogP contribution in [0.15, 0.2) is 24.3 Å². The van der Waals surface area contributed by atoms with Gasteiger partial charge in [-0.25, -0.2) is 0 Å². The number of likely N-dealkylation sites (tertiary alicyclic amines) is 1. The van der Waals surface area contributed by atoms with E-state index in [2.05, 4.69) is 18.7 Å². The molecule has 5 rings (SSSR count). The Hall–Kier alpha value is -2.80. The average Bonchev–Trinajstić information content (AvgIpc) is 3.50. The molecule has 0 aromatic heterocycles. The van der Waals surface area contributed by atoms with Crippen LogP contribution in [0.1, 0.15) is 43.7 Å². The first-order chi connectivity index (χ1) is 15.5. The molecule has 2 aromatic rings. The van der Waals surface area contributed by atoms with Crippen molar-refractivity contribution in [1.82, 2.24) is 4.90 Å². The largest absolute Gasteiger partial charge is 0.496 e. The third-order valence-corrected chi connectivity index (χ3v) is 7.30. The zero-order valence-electron chi connectivity index (χ0n) is 19.4. The van der Waals surface area contributed by atoms with Crippen LogP contribution in [0.25, 0.3) is 0 Å². The molecule has 3 atom stereocenters. The molecule has 0 saturated carbocycles. The fourth-order valence-electron chi connectivity index (χ4n) is 5.42. The maximum Gasteiger partial charge on any atom is 0.231 e. The van der Waals surface area contributed by atoms with E-state index in [4.69, 9.17) is 28.4 Å². The van der Waals surface area contributed by atoms with Gasteiger partial charge in [0.05, 0.1) is 21.3 Å². The highest BCUT2D eigenvalue weighted by atomic mass is 16.7. The summed E-state index contributed by atoms with van der Waals surface area (Å²) in [6.07, 6.45) is 2.36. The SMILES string of the molecule is COc1cc(OC)c(C2c3cc4c(cc3OC(C)(N3CCCC3)C2C)OCO4)c(OC)c1. The fraction of sp³-hybridized carbons (Fsp3) is 0.520. The van der Waals surface area contributed by atoms with E-state index in [-0.39, 0.29) is 18.6 Å². The van der Waals surface area contributed by atoms with Gasteiger partial charge in [0.15, 0.2) is 17.2 Å². The second-order valence-corrected chi connectivity index (χ2v) is 8.81. The Morgan fingerprint density at radius 3 is 2.09 bits per heavy atom. The van der Waals surface area contributed by atoms with Crippen LogP contribution in [0.2, 0.25) is 0 Å². The number of rotatable bonds is 5. The lowest BCUT2D eigenvalue weighted by Gasteiger charge is -2.50. The number of methoxy groups -OCH3 is 3. The molecule has 32 heavy (non-hydrogen) atoms. The zero-order chi connectivity index (χ0) is 22.5. The highest BCUT2D eigenvalue weighted by Crippen LogP contribution is 2.56. The van der Waals surface area contributed by atoms with Crippen LogP contribution in [0, 0.1) is 5.92 Å². The predicted molar refractivity (Wildman–Crippen MR) is 120 cm³/mol. The lowest BCUT2D eigenvalue weighted by molar-refractivity contribution is -0.114. The Labute approximate surface area is 189 Å². The van der Waals surface area contributed by atoms with Crippen LogP contribution in [-0.4, -0.2) is 51.8 Å². The lowest BCUT2D eigenvalue weighted by Crippen LogP contribution is -2.57. The van der Waals surface area contributed by atoms with Crippen LogP contribution in [-0.2, 0) is 0 Å². The van der Waals surface area contributed by atoms with E-state index in [0.717, 1.165) is 53.0 Å². The summed E-state index contributed by atoms with van der Waals surface area (Å²) in [5, 5.41) is 0. The lowest BCUT2D eigenvalue weighted by atomic mass is 9.73. The fourth-order valence-corrected chi connectivity index (χ4v) is 5.42. The summed E-state index contributed by atoms with van der Waals surface area (Å²) in [5.41, 5.74) is 1.54. The summed E-state index contributed by atoms with van der Waals surface area (Å²) >= 11 is 0. The summed E-state index contributed by atoms with van der Waals surface area (Å²) in [4.78, 5) is 2.46. The molecule has 2 aromatic carbocycles. The van der Waals surface area contributed by atoms with Gasteiger partial charge in [0.1, 0.15) is 23.0 Å². The Morgan fingerprint density at radius 1 is 0.875 bits per heavy atom. The highest BCUT2D eigenvalue weighted by molar-refractivity contribution is 5.61. The van der Waals surface area contributed by atoms with Crippen molar-refractivity contribution in [3.8, 4) is 34.5 Å². The van der Waals surface area contributed by atoms with Gasteiger partial charge in [-0.3, -0.25) is 4.90 Å². The number of nitrogens with zero attached hydrogens (tertiary/aromatic N) is 1. The van der Waals surface area contributed by atoms with E-state index in [9.17, 15) is 0 Å². The molecular formula is C25H31NO6. The van der Waals surface area contributed by atoms with Crippen LogP contribution in [0.5, 0.6) is 34.5 Å². The molecule has 3 unspecified atom stereocenters. The minimum absolute atomic E-state index is 0.0466. The summed E-state index contributed by atoms with van der Waals surface area (Å²) in [7, 11) is 5.01. The van der Waals surface area contributed by atoms with Gasteiger partial charge in [-0.15, -0.1) is 0 Å². The summed E-state index contributed by atoms with van der Waals surface area (Å²) in [6.45, 7) is 6.71. The van der Waals surface area contributed by atoms with Gasteiger partial charge in [0.2, 0.25) is 6.79 Å². The highest BCUT2D eigenvalue weighted by Gasteiger charge is 2.51. The van der Waals surface area contributed by atoms with Gasteiger partial charge < -0.3 is 28.4 Å². The predicted octanol–water partition coefficient (Wildman–Crippen LogP) is 4.41. The van der Waals surface area contributed by atoms with Gasteiger partial charge >= 0.3 is 0 Å². The molecule has 7 nitrogen and oxygen atoms in total. The van der Waals surface area contributed by atoms with Gasteiger partial charge in [-0.1, -0.05) is 6.92 Å². The van der Waals surface area contributed by atoms with Crippen molar-refractivity contribution in [1.29, 1.82) is 0 Å². The van der Waals surface area contributed by atoms with Crippen molar-refractivity contribution >= 4 is 0 Å². The first-order valence-corrected chi connectivity index (χ1v) is 11.2. The first-order valence-electron chi connectivity index (χ1n) is 11.2. The smallest absolute Gasteiger partial charge is 0.231 e. The van der Waals surface area contributed by atoms with Gasteiger partial charge in [-0.2, -0.15) is 0 Å². The van der Waals surface area contributed by atoms with Crippen molar-refractivity contribution in [2.24, 2.45) is 5.92 Å². The van der Waals surface area contributed by atoms with Crippen LogP contribution >= 0.6 is 0 Å². The Bertz CT molecular complexity index is 993. The van der Waals surface area contributed by atoms with Crippen molar-refractivity contribution in [3.63, 3.8) is 0 Å². The van der Waals surface area contributed by atoms with Crippen molar-refractivity contribution in [2.45, 2.75) is 38.3 Å². The second kappa shape index (κ2) is 7.96. The zero-order valence-corrected chi connectivity index (χ0v) is 19.4. The normalized spacial score (nSPS) is 26.4. The molecule has 3 aliphatic rings. The van der Waals surface area contributed by atoms with E-state index in [1.807, 2.05) is 24.3 Å². The number of fused-ring (bicyclic) bond motifs is 2. The van der Waals surface area contributed by atoms with Gasteiger partial charge in [-0.05, 0) is 25.8 Å². The first kappa shape index (κ1) is 21.1. The summed E-state index contributed by atoms with van der Waals surface area (Å²) in [5.74, 6) is 4.47. The number of benzene rings is 2. The minimum atomic E-state index is -0.488. The Kier molecular flexibility index (Phi) is 5.24. The molecule has 1 fully saturated rings. The van der Waals surface area contributed by atoms with Gasteiger partial charge in [0, 0.05) is 54.3 Å². The van der Waals surface area contributed by atoms with Crippen LogP contribution < -0.4 is 28.4 Å². The van der Waals surface area contributed by atoms with Crippen LogP contribution in [0.3, 0.4) is 0 Å². The molecule has 0 radical (unpaired) electrons. The van der Waals surface area contributed by atoms with E-state index in [1.54, 1.807) is 21.3 Å². The quantitative estimate of drug-likeness (QED) is 0.681. The molecule has 0 spiro atoms. The van der Waals surface area contributed by atoms with E-state index < -0.39 is 5.72 Å². The molecule has 0 bridgehead atoms. The molecule has 3 aliphatic heterocycles. The molecule has 0 aliphatic carbocycles.